The summed E-state index contributed by atoms with van der Waals surface area (Å²) in [6.07, 6.45) is 19.0. The number of pyridine rings is 2. The Bertz CT molecular complexity index is 5840. The number of anilines is 5. The van der Waals surface area contributed by atoms with Crippen molar-refractivity contribution in [2.24, 2.45) is 5.92 Å². The van der Waals surface area contributed by atoms with Crippen molar-refractivity contribution < 1.29 is 18.4 Å². The third kappa shape index (κ3) is 19.4. The lowest BCUT2D eigenvalue weighted by molar-refractivity contribution is 0.356. The van der Waals surface area contributed by atoms with Gasteiger partial charge in [-0.3, -0.25) is 4.68 Å². The molecule has 1 unspecified atom stereocenters. The number of fused-ring (bicyclic) bond motifs is 2. The largest absolute Gasteiger partial charge is 0.497 e. The molecule has 1 fully saturated rings. The summed E-state index contributed by atoms with van der Waals surface area (Å²) in [5.74, 6) is 8.92. The van der Waals surface area contributed by atoms with Crippen LogP contribution in [0.1, 0.15) is 195 Å². The van der Waals surface area contributed by atoms with Crippen LogP contribution in [0.2, 0.25) is 10.0 Å². The first kappa shape index (κ1) is 88.6. The average molecular weight is 1680 g/mol. The van der Waals surface area contributed by atoms with Crippen LogP contribution in [0.25, 0.3) is 67.1 Å². The minimum absolute atomic E-state index is 0.0323. The van der Waals surface area contributed by atoms with E-state index < -0.39 is 0 Å². The minimum Gasteiger partial charge on any atom is -0.497 e. The molecule has 2 atom stereocenters. The number of ether oxygens (including phenoxy) is 2. The highest BCUT2D eigenvalue weighted by molar-refractivity contribution is 7.16. The van der Waals surface area contributed by atoms with Crippen molar-refractivity contribution in [3.8, 4) is 68.6 Å². The summed E-state index contributed by atoms with van der Waals surface area (Å²) >= 11 is 14.5. The number of benzene rings is 4. The molecule has 25 heteroatoms. The molecular weight excluding hydrogens is 1560 g/mol. The third-order valence-electron chi connectivity index (χ3n) is 22.5. The fourth-order valence-corrected chi connectivity index (χ4v) is 18.0. The molecule has 0 amide bonds. The maximum absolute atomic E-state index is 14.5. The number of hydrogen-bond acceptors (Lipinski definition) is 19. The quantitative estimate of drug-likeness (QED) is 0.0476. The van der Waals surface area contributed by atoms with Crippen LogP contribution in [0, 0.1) is 114 Å². The first-order valence-electron chi connectivity index (χ1n) is 42.1. The second kappa shape index (κ2) is 38.8. The van der Waals surface area contributed by atoms with Gasteiger partial charge in [-0.05, 0) is 234 Å². The summed E-state index contributed by atoms with van der Waals surface area (Å²) < 4.78 is 36.7. The summed E-state index contributed by atoms with van der Waals surface area (Å²) in [7, 11) is 7.33. The van der Waals surface area contributed by atoms with Crippen LogP contribution in [0.5, 0.6) is 11.5 Å². The number of thiazole rings is 1. The monoisotopic (exact) mass is 1680 g/mol. The number of methoxy groups -OCH3 is 2. The molecule has 13 aromatic rings. The van der Waals surface area contributed by atoms with Crippen LogP contribution >= 0.6 is 34.5 Å². The highest BCUT2D eigenvalue weighted by atomic mass is 35.5. The van der Waals surface area contributed by atoms with Gasteiger partial charge in [-0.1, -0.05) is 113 Å². The molecule has 1 N–H and O–H groups in total. The SMILES string of the molecule is C#CCN(c1nc(-c2cc(C)c(OC)cc2Cl)c(C)s1)[C@@H](CC1CC1)c1ccc(C)c(F)c1.CCC(Nc1cc(C)nc2c(-c3ccc(OC)cc3C)c(C)nn12)c1nc(C)no1.CCCC(CCC)N1CCn2nc(-c3c(C)cc(Cl)cc3C)c3nc(C)cc1c32.CCCN(CCC)c1cc(C)nc2c(-c3cnc(N(C)C)cc3C)c(C)nn12. The van der Waals surface area contributed by atoms with E-state index in [1.165, 1.54) is 55.3 Å². The van der Waals surface area contributed by atoms with Crippen LogP contribution in [0.4, 0.5) is 32.7 Å². The van der Waals surface area contributed by atoms with Crippen molar-refractivity contribution in [2.75, 3.05) is 79.4 Å². The van der Waals surface area contributed by atoms with E-state index in [-0.39, 0.29) is 17.9 Å². The molecule has 1 aliphatic heterocycles. The zero-order valence-corrected chi connectivity index (χ0v) is 76.4. The number of terminal acetylenes is 1. The Morgan fingerprint density at radius 1 is 0.650 bits per heavy atom. The normalized spacial score (nSPS) is 12.9. The predicted molar refractivity (Wildman–Crippen MR) is 492 cm³/mol. The summed E-state index contributed by atoms with van der Waals surface area (Å²) in [5, 5.41) is 24.4. The van der Waals surface area contributed by atoms with Crippen LogP contribution in [-0.2, 0) is 6.54 Å². The maximum atomic E-state index is 14.5. The van der Waals surface area contributed by atoms with Gasteiger partial charge in [0.15, 0.2) is 22.3 Å². The smallest absolute Gasteiger partial charge is 0.249 e. The van der Waals surface area contributed by atoms with E-state index in [0.29, 0.717) is 40.8 Å². The van der Waals surface area contributed by atoms with Gasteiger partial charge in [-0.15, -0.1) is 17.8 Å². The highest BCUT2D eigenvalue weighted by Crippen LogP contribution is 2.47. The Balaban J connectivity index is 0.000000147. The molecule has 21 nitrogen and oxygen atoms in total. The minimum atomic E-state index is -0.189. The van der Waals surface area contributed by atoms with Gasteiger partial charge >= 0.3 is 0 Å². The molecule has 0 bridgehead atoms. The topological polar surface area (TPSA) is 199 Å². The van der Waals surface area contributed by atoms with Crippen molar-refractivity contribution in [1.82, 2.24) is 64.1 Å². The molecule has 1 aliphatic carbocycles. The first-order chi connectivity index (χ1) is 57.5. The van der Waals surface area contributed by atoms with Gasteiger partial charge in [0.1, 0.15) is 57.5 Å². The molecule has 1 saturated carbocycles. The van der Waals surface area contributed by atoms with E-state index >= 15 is 0 Å². The molecule has 120 heavy (non-hydrogen) atoms. The van der Waals surface area contributed by atoms with Crippen LogP contribution in [0.3, 0.4) is 0 Å². The van der Waals surface area contributed by atoms with Gasteiger partial charge in [0, 0.05) is 107 Å². The summed E-state index contributed by atoms with van der Waals surface area (Å²) in [5.41, 5.74) is 25.4. The zero-order chi connectivity index (χ0) is 86.2. The number of hydrogen-bond donors (Lipinski definition) is 1. The second-order valence-corrected chi connectivity index (χ2v) is 34.3. The number of aromatic nitrogens is 13. The Kier molecular flexibility index (Phi) is 28.7. The Hall–Kier alpha value is -10.7. The summed E-state index contributed by atoms with van der Waals surface area (Å²) in [6, 6.07) is 28.4. The fraction of sp³-hybridized carbons (Fsp3) is 0.432. The van der Waals surface area contributed by atoms with Gasteiger partial charge < -0.3 is 38.9 Å². The predicted octanol–water partition coefficient (Wildman–Crippen LogP) is 23.0. The van der Waals surface area contributed by atoms with Crippen LogP contribution in [0.15, 0.2) is 95.6 Å². The highest BCUT2D eigenvalue weighted by Gasteiger charge is 2.34. The summed E-state index contributed by atoms with van der Waals surface area (Å²) in [4.78, 5) is 38.9. The van der Waals surface area contributed by atoms with Gasteiger partial charge in [-0.25, -0.2) is 29.3 Å². The molecule has 0 radical (unpaired) electrons. The van der Waals surface area contributed by atoms with Crippen molar-refractivity contribution in [1.29, 1.82) is 0 Å². The number of rotatable bonds is 27. The number of aryl methyl sites for hydroxylation is 13. The molecule has 9 aromatic heterocycles. The first-order valence-corrected chi connectivity index (χ1v) is 43.7. The fourth-order valence-electron chi connectivity index (χ4n) is 16.5. The zero-order valence-electron chi connectivity index (χ0n) is 74.0. The van der Waals surface area contributed by atoms with E-state index in [9.17, 15) is 4.39 Å². The summed E-state index contributed by atoms with van der Waals surface area (Å²) in [6.45, 7) is 41.7. The van der Waals surface area contributed by atoms with Crippen LogP contribution < -0.4 is 34.4 Å². The molecular formula is C95H117Cl2FN18O3S. The van der Waals surface area contributed by atoms with Crippen molar-refractivity contribution in [3.63, 3.8) is 0 Å². The molecule has 0 saturated heterocycles. The van der Waals surface area contributed by atoms with Crippen LogP contribution in [-0.4, -0.2) is 125 Å². The average Bonchev–Trinajstić information content (AvgIpc) is 1.58. The molecule has 4 aromatic carbocycles. The Morgan fingerprint density at radius 3 is 1.91 bits per heavy atom. The maximum Gasteiger partial charge on any atom is 0.249 e. The number of nitrogens with zero attached hydrogens (tertiary/aromatic N) is 17. The molecule has 2 aliphatic rings. The van der Waals surface area contributed by atoms with E-state index in [1.807, 2.05) is 123 Å². The van der Waals surface area contributed by atoms with Gasteiger partial charge in [0.2, 0.25) is 5.89 Å². The second-order valence-electron chi connectivity index (χ2n) is 32.3. The van der Waals surface area contributed by atoms with Crippen molar-refractivity contribution in [2.45, 2.75) is 214 Å². The van der Waals surface area contributed by atoms with Crippen molar-refractivity contribution in [3.05, 3.63) is 191 Å². The van der Waals surface area contributed by atoms with Gasteiger partial charge in [0.05, 0.1) is 66.7 Å². The van der Waals surface area contributed by atoms with E-state index in [0.717, 1.165) is 214 Å². The number of halogens is 3. The Labute approximate surface area is 721 Å². The van der Waals surface area contributed by atoms with Gasteiger partial charge in [0.25, 0.3) is 0 Å². The lowest BCUT2D eigenvalue weighted by atomic mass is 9.98. The van der Waals surface area contributed by atoms with Gasteiger partial charge in [-0.2, -0.15) is 29.3 Å². The third-order valence-corrected chi connectivity index (χ3v) is 24.0. The van der Waals surface area contributed by atoms with E-state index in [2.05, 4.69) is 153 Å². The molecule has 632 valence electrons. The lowest BCUT2D eigenvalue weighted by Gasteiger charge is -2.37. The number of nitrogens with one attached hydrogen (secondary N) is 1. The van der Waals surface area contributed by atoms with Crippen molar-refractivity contribution >= 4 is 85.1 Å². The van der Waals surface area contributed by atoms with E-state index in [1.54, 1.807) is 38.5 Å². The lowest BCUT2D eigenvalue weighted by Crippen LogP contribution is -2.40. The molecule has 0 spiro atoms. The Morgan fingerprint density at radius 2 is 1.31 bits per heavy atom. The molecule has 10 heterocycles. The van der Waals surface area contributed by atoms with E-state index in [4.69, 9.17) is 78.9 Å². The standard InChI is InChI=1S/C27H28ClFN2OS.C24H31ClN4.C22H26N6O2.C22H32N6/c1-6-11-31(24(13-19-8-9-19)20-10-7-16(2)23(29)14-20)27-30-26(18(4)33-27)21-12-17(3)25(32-5)15-22(21)28;1-6-8-19(9-7-2)28-10-11-29-24-20(28)14-17(5)26-23(24)22(27-29)21-15(3)12-18(25)13-16(21)4;1-7-18(22-24-15(5)27-30-22)25-19-11-13(3)23-21-20(14(4)26-28(19)21)17-9-8-16(29-6)10-12(17)2;1-8-10-27(11-9-2)20-13-16(4)24-22-21(17(5)25-28(20)22)18-14-23-19(26(6)7)12-15(18)3/h1,7,10,12,14-15,19,24H,8-9,11,13H2,2-5H3;12-14,19H,6-11H2,1-5H3;8-11,18,25H,7H2,1-6H3;12-14H,8-11H2,1-7H3/t24-;;;/m0.../s1. The molecule has 15 rings (SSSR count).